The van der Waals surface area contributed by atoms with E-state index in [9.17, 15) is 9.18 Å². The van der Waals surface area contributed by atoms with Crippen LogP contribution < -0.4 is 5.32 Å². The molecule has 1 N–H and O–H groups in total. The van der Waals surface area contributed by atoms with Crippen LogP contribution in [0, 0.1) is 5.82 Å². The van der Waals surface area contributed by atoms with E-state index in [1.54, 1.807) is 0 Å². The van der Waals surface area contributed by atoms with Crippen LogP contribution >= 0.6 is 0 Å². The average Bonchev–Trinajstić information content (AvgIpc) is 2.44. The fourth-order valence-electron chi connectivity index (χ4n) is 2.57. The highest BCUT2D eigenvalue weighted by molar-refractivity contribution is 5.94. The first-order chi connectivity index (χ1) is 9.22. The zero-order valence-corrected chi connectivity index (χ0v) is 11.2. The summed E-state index contributed by atoms with van der Waals surface area (Å²) >= 11 is 0. The van der Waals surface area contributed by atoms with Crippen LogP contribution in [0.5, 0.6) is 0 Å². The summed E-state index contributed by atoms with van der Waals surface area (Å²) < 4.78 is 13.2. The largest absolute Gasteiger partial charge is 0.336 e. The first kappa shape index (κ1) is 13.9. The van der Waals surface area contributed by atoms with E-state index in [-0.39, 0.29) is 11.9 Å². The van der Waals surface area contributed by atoms with Gasteiger partial charge in [0.1, 0.15) is 5.82 Å². The molecule has 1 aromatic rings. The molecule has 0 spiro atoms. The van der Waals surface area contributed by atoms with Crippen molar-refractivity contribution in [2.24, 2.45) is 0 Å². The van der Waals surface area contributed by atoms with Crippen LogP contribution in [0.25, 0.3) is 0 Å². The van der Waals surface area contributed by atoms with Gasteiger partial charge >= 0.3 is 0 Å². The molecule has 1 atom stereocenters. The lowest BCUT2D eigenvalue weighted by Gasteiger charge is -2.36. The number of piperidine rings is 1. The number of likely N-dealkylation sites (tertiary alicyclic amines) is 1. The Morgan fingerprint density at radius 3 is 3.11 bits per heavy atom. The van der Waals surface area contributed by atoms with Gasteiger partial charge in [-0.05, 0) is 45.3 Å². The van der Waals surface area contributed by atoms with Gasteiger partial charge < -0.3 is 10.2 Å². The summed E-state index contributed by atoms with van der Waals surface area (Å²) in [5.74, 6) is -0.567. The lowest BCUT2D eigenvalue weighted by atomic mass is 9.98. The maximum absolute atomic E-state index is 13.2. The molecule has 1 aromatic heterocycles. The predicted octanol–water partition coefficient (Wildman–Crippen LogP) is 1.82. The molecule has 0 radical (unpaired) electrons. The van der Waals surface area contributed by atoms with Crippen molar-refractivity contribution in [2.45, 2.75) is 31.7 Å². The molecule has 1 saturated heterocycles. The van der Waals surface area contributed by atoms with Crippen LogP contribution in [0.15, 0.2) is 18.5 Å². The van der Waals surface area contributed by atoms with Crippen molar-refractivity contribution in [1.82, 2.24) is 15.2 Å². The van der Waals surface area contributed by atoms with Crippen molar-refractivity contribution in [3.63, 3.8) is 0 Å². The third kappa shape index (κ3) is 3.50. The van der Waals surface area contributed by atoms with E-state index in [1.807, 2.05) is 11.9 Å². The molecular formula is C14H20FN3O. The number of amides is 1. The molecule has 2 heterocycles. The minimum absolute atomic E-state index is 0.104. The van der Waals surface area contributed by atoms with Crippen molar-refractivity contribution in [1.29, 1.82) is 0 Å². The molecular weight excluding hydrogens is 245 g/mol. The molecule has 0 aliphatic carbocycles. The van der Waals surface area contributed by atoms with E-state index in [4.69, 9.17) is 0 Å². The first-order valence-corrected chi connectivity index (χ1v) is 6.78. The Hall–Kier alpha value is -1.49. The lowest BCUT2D eigenvalue weighted by molar-refractivity contribution is 0.0601. The van der Waals surface area contributed by atoms with Crippen LogP contribution in [0.2, 0.25) is 0 Å². The lowest BCUT2D eigenvalue weighted by Crippen LogP contribution is -2.44. The molecule has 2 rings (SSSR count). The van der Waals surface area contributed by atoms with Gasteiger partial charge in [-0.2, -0.15) is 0 Å². The number of carbonyl (C=O) groups excluding carboxylic acids is 1. The third-order valence-corrected chi connectivity index (χ3v) is 3.57. The van der Waals surface area contributed by atoms with Gasteiger partial charge in [0.15, 0.2) is 0 Å². The maximum Gasteiger partial charge on any atom is 0.255 e. The number of carbonyl (C=O) groups is 1. The van der Waals surface area contributed by atoms with E-state index in [0.29, 0.717) is 5.56 Å². The van der Waals surface area contributed by atoms with Gasteiger partial charge in [-0.25, -0.2) is 4.39 Å². The second-order valence-corrected chi connectivity index (χ2v) is 4.93. The second-order valence-electron chi connectivity index (χ2n) is 4.93. The van der Waals surface area contributed by atoms with Crippen molar-refractivity contribution in [2.75, 3.05) is 20.1 Å². The van der Waals surface area contributed by atoms with Gasteiger partial charge in [0.05, 0.1) is 11.8 Å². The number of rotatable bonds is 4. The normalized spacial score (nSPS) is 19.5. The van der Waals surface area contributed by atoms with E-state index in [1.165, 1.54) is 12.3 Å². The molecule has 1 unspecified atom stereocenters. The van der Waals surface area contributed by atoms with Gasteiger partial charge in [0.25, 0.3) is 5.91 Å². The first-order valence-electron chi connectivity index (χ1n) is 6.78. The summed E-state index contributed by atoms with van der Waals surface area (Å²) in [6, 6.07) is 1.51. The molecule has 1 aliphatic rings. The molecule has 5 heteroatoms. The smallest absolute Gasteiger partial charge is 0.255 e. The molecule has 0 saturated carbocycles. The maximum atomic E-state index is 13.2. The zero-order valence-electron chi connectivity index (χ0n) is 11.2. The standard InChI is InChI=1S/C14H20FN3O/c1-16-6-5-13-4-2-3-7-18(13)14(19)11-8-12(15)10-17-9-11/h8-10,13,16H,2-7H2,1H3. The Morgan fingerprint density at radius 1 is 1.53 bits per heavy atom. The summed E-state index contributed by atoms with van der Waals surface area (Å²) in [5, 5.41) is 3.11. The minimum atomic E-state index is -0.463. The van der Waals surface area contributed by atoms with Gasteiger partial charge in [-0.3, -0.25) is 9.78 Å². The fourth-order valence-corrected chi connectivity index (χ4v) is 2.57. The molecule has 1 amide bonds. The highest BCUT2D eigenvalue weighted by atomic mass is 19.1. The number of nitrogens with zero attached hydrogens (tertiary/aromatic N) is 2. The highest BCUT2D eigenvalue weighted by Crippen LogP contribution is 2.21. The van der Waals surface area contributed by atoms with Gasteiger partial charge in [-0.15, -0.1) is 0 Å². The summed E-state index contributed by atoms with van der Waals surface area (Å²) in [6.07, 6.45) is 6.69. The van der Waals surface area contributed by atoms with E-state index >= 15 is 0 Å². The van der Waals surface area contributed by atoms with Crippen molar-refractivity contribution < 1.29 is 9.18 Å². The Kier molecular flexibility index (Phi) is 4.85. The number of hydrogen-bond acceptors (Lipinski definition) is 3. The zero-order chi connectivity index (χ0) is 13.7. The topological polar surface area (TPSA) is 45.2 Å². The number of pyridine rings is 1. The molecule has 104 valence electrons. The number of aromatic nitrogens is 1. The van der Waals surface area contributed by atoms with Crippen molar-refractivity contribution in [3.05, 3.63) is 29.8 Å². The Labute approximate surface area is 113 Å². The summed E-state index contributed by atoms with van der Waals surface area (Å²) in [4.78, 5) is 18.0. The van der Waals surface area contributed by atoms with Gasteiger partial charge in [-0.1, -0.05) is 0 Å². The number of halogens is 1. The molecule has 19 heavy (non-hydrogen) atoms. The number of nitrogens with one attached hydrogen (secondary N) is 1. The molecule has 4 nitrogen and oxygen atoms in total. The predicted molar refractivity (Wildman–Crippen MR) is 71.4 cm³/mol. The third-order valence-electron chi connectivity index (χ3n) is 3.57. The number of hydrogen-bond donors (Lipinski definition) is 1. The second kappa shape index (κ2) is 6.61. The molecule has 0 bridgehead atoms. The molecule has 1 fully saturated rings. The summed E-state index contributed by atoms with van der Waals surface area (Å²) in [5.41, 5.74) is 0.344. The molecule has 1 aliphatic heterocycles. The van der Waals surface area contributed by atoms with E-state index < -0.39 is 5.82 Å². The van der Waals surface area contributed by atoms with Gasteiger partial charge in [0.2, 0.25) is 0 Å². The minimum Gasteiger partial charge on any atom is -0.336 e. The van der Waals surface area contributed by atoms with Crippen LogP contribution in [0.4, 0.5) is 4.39 Å². The van der Waals surface area contributed by atoms with E-state index in [2.05, 4.69) is 10.3 Å². The Morgan fingerprint density at radius 2 is 2.37 bits per heavy atom. The Bertz CT molecular complexity index is 438. The highest BCUT2D eigenvalue weighted by Gasteiger charge is 2.27. The fraction of sp³-hybridized carbons (Fsp3) is 0.571. The van der Waals surface area contributed by atoms with Crippen LogP contribution in [-0.4, -0.2) is 42.0 Å². The monoisotopic (exact) mass is 265 g/mol. The van der Waals surface area contributed by atoms with Crippen LogP contribution in [-0.2, 0) is 0 Å². The summed E-state index contributed by atoms with van der Waals surface area (Å²) in [6.45, 7) is 1.64. The van der Waals surface area contributed by atoms with E-state index in [0.717, 1.165) is 45.0 Å². The SMILES string of the molecule is CNCCC1CCCCN1C(=O)c1cncc(F)c1. The van der Waals surface area contributed by atoms with Crippen molar-refractivity contribution >= 4 is 5.91 Å². The Balaban J connectivity index is 2.10. The van der Waals surface area contributed by atoms with Crippen LogP contribution in [0.1, 0.15) is 36.0 Å². The van der Waals surface area contributed by atoms with Crippen molar-refractivity contribution in [3.8, 4) is 0 Å². The summed E-state index contributed by atoms with van der Waals surface area (Å²) in [7, 11) is 1.91. The average molecular weight is 265 g/mol. The van der Waals surface area contributed by atoms with Crippen LogP contribution in [0.3, 0.4) is 0 Å². The van der Waals surface area contributed by atoms with Gasteiger partial charge in [0, 0.05) is 18.8 Å². The molecule has 0 aromatic carbocycles. The quantitative estimate of drug-likeness (QED) is 0.903.